The highest BCUT2D eigenvalue weighted by Gasteiger charge is 2.35. The number of rotatable bonds is 6. The number of benzene rings is 2. The SMILES string of the molecule is COc1ccc2c(c1)C(NC(=O)C(C)Oc1cc(C)ccc1C(C)C)CC(C)(C)O2. The Labute approximate surface area is 179 Å². The summed E-state index contributed by atoms with van der Waals surface area (Å²) < 4.78 is 17.6. The van der Waals surface area contributed by atoms with Gasteiger partial charge in [-0.25, -0.2) is 0 Å². The summed E-state index contributed by atoms with van der Waals surface area (Å²) in [5.41, 5.74) is 2.75. The van der Waals surface area contributed by atoms with Crippen LogP contribution in [-0.2, 0) is 4.79 Å². The Morgan fingerprint density at radius 3 is 2.57 bits per heavy atom. The lowest BCUT2D eigenvalue weighted by Crippen LogP contribution is -2.44. The summed E-state index contributed by atoms with van der Waals surface area (Å²) in [7, 11) is 1.63. The van der Waals surface area contributed by atoms with Crippen molar-refractivity contribution in [3.05, 3.63) is 53.1 Å². The predicted octanol–water partition coefficient (Wildman–Crippen LogP) is 5.31. The summed E-state index contributed by atoms with van der Waals surface area (Å²) in [6, 6.07) is 11.7. The first kappa shape index (κ1) is 22.0. The van der Waals surface area contributed by atoms with Crippen molar-refractivity contribution in [1.29, 1.82) is 0 Å². The molecule has 5 heteroatoms. The maximum atomic E-state index is 13.0. The molecule has 2 aromatic carbocycles. The first-order chi connectivity index (χ1) is 14.1. The number of aryl methyl sites for hydroxylation is 1. The van der Waals surface area contributed by atoms with Crippen LogP contribution in [0, 0.1) is 6.92 Å². The van der Waals surface area contributed by atoms with E-state index in [2.05, 4.69) is 31.3 Å². The number of hydrogen-bond donors (Lipinski definition) is 1. The Balaban J connectivity index is 1.80. The Hall–Kier alpha value is -2.69. The normalized spacial score (nSPS) is 18.2. The molecule has 1 heterocycles. The van der Waals surface area contributed by atoms with Gasteiger partial charge in [-0.3, -0.25) is 4.79 Å². The van der Waals surface area contributed by atoms with Crippen LogP contribution in [0.25, 0.3) is 0 Å². The molecule has 5 nitrogen and oxygen atoms in total. The van der Waals surface area contributed by atoms with Gasteiger partial charge in [0.05, 0.1) is 13.2 Å². The van der Waals surface area contributed by atoms with Gasteiger partial charge in [-0.2, -0.15) is 0 Å². The van der Waals surface area contributed by atoms with Crippen LogP contribution in [-0.4, -0.2) is 24.7 Å². The van der Waals surface area contributed by atoms with Crippen LogP contribution >= 0.6 is 0 Å². The smallest absolute Gasteiger partial charge is 0.261 e. The minimum Gasteiger partial charge on any atom is -0.497 e. The lowest BCUT2D eigenvalue weighted by Gasteiger charge is -2.38. The van der Waals surface area contributed by atoms with E-state index in [9.17, 15) is 4.79 Å². The molecule has 0 spiro atoms. The molecule has 0 saturated carbocycles. The first-order valence-electron chi connectivity index (χ1n) is 10.5. The molecule has 0 aliphatic carbocycles. The molecular weight excluding hydrogens is 378 g/mol. The van der Waals surface area contributed by atoms with Crippen LogP contribution in [0.2, 0.25) is 0 Å². The van der Waals surface area contributed by atoms with Crippen LogP contribution in [0.15, 0.2) is 36.4 Å². The molecule has 1 amide bonds. The van der Waals surface area contributed by atoms with Gasteiger partial charge in [0.15, 0.2) is 6.10 Å². The van der Waals surface area contributed by atoms with E-state index in [1.807, 2.05) is 45.0 Å². The molecule has 2 unspecified atom stereocenters. The largest absolute Gasteiger partial charge is 0.497 e. The van der Waals surface area contributed by atoms with Crippen molar-refractivity contribution in [2.24, 2.45) is 0 Å². The average Bonchev–Trinajstić information content (AvgIpc) is 2.66. The van der Waals surface area contributed by atoms with E-state index in [0.29, 0.717) is 12.3 Å². The van der Waals surface area contributed by atoms with E-state index in [1.54, 1.807) is 14.0 Å². The number of ether oxygens (including phenoxy) is 3. The topological polar surface area (TPSA) is 56.8 Å². The van der Waals surface area contributed by atoms with Crippen molar-refractivity contribution in [2.75, 3.05) is 7.11 Å². The Bertz CT molecular complexity index is 919. The Morgan fingerprint density at radius 2 is 1.90 bits per heavy atom. The van der Waals surface area contributed by atoms with Gasteiger partial charge >= 0.3 is 0 Å². The molecule has 1 aliphatic heterocycles. The lowest BCUT2D eigenvalue weighted by atomic mass is 9.89. The molecule has 2 atom stereocenters. The highest BCUT2D eigenvalue weighted by Crippen LogP contribution is 2.41. The maximum absolute atomic E-state index is 13.0. The number of fused-ring (bicyclic) bond motifs is 1. The van der Waals surface area contributed by atoms with Crippen molar-refractivity contribution >= 4 is 5.91 Å². The molecule has 0 bridgehead atoms. The highest BCUT2D eigenvalue weighted by atomic mass is 16.5. The van der Waals surface area contributed by atoms with E-state index < -0.39 is 6.10 Å². The lowest BCUT2D eigenvalue weighted by molar-refractivity contribution is -0.128. The second-order valence-corrected chi connectivity index (χ2v) is 8.99. The van der Waals surface area contributed by atoms with Gasteiger partial charge in [0.1, 0.15) is 22.8 Å². The van der Waals surface area contributed by atoms with Crippen LogP contribution in [0.4, 0.5) is 0 Å². The number of carbonyl (C=O) groups excluding carboxylic acids is 1. The van der Waals surface area contributed by atoms with Gasteiger partial charge in [-0.1, -0.05) is 26.0 Å². The fourth-order valence-corrected chi connectivity index (χ4v) is 3.84. The van der Waals surface area contributed by atoms with Gasteiger partial charge in [-0.05, 0) is 69.0 Å². The monoisotopic (exact) mass is 411 g/mol. The van der Waals surface area contributed by atoms with Gasteiger partial charge in [0.25, 0.3) is 5.91 Å². The van der Waals surface area contributed by atoms with E-state index in [-0.39, 0.29) is 17.6 Å². The zero-order chi connectivity index (χ0) is 22.1. The van der Waals surface area contributed by atoms with Crippen molar-refractivity contribution in [3.8, 4) is 17.2 Å². The number of nitrogens with one attached hydrogen (secondary N) is 1. The second-order valence-electron chi connectivity index (χ2n) is 8.99. The van der Waals surface area contributed by atoms with Crippen LogP contribution in [0.1, 0.15) is 69.7 Å². The van der Waals surface area contributed by atoms with Gasteiger partial charge < -0.3 is 19.5 Å². The third-order valence-corrected chi connectivity index (χ3v) is 5.45. The maximum Gasteiger partial charge on any atom is 0.261 e. The molecule has 0 aromatic heterocycles. The zero-order valence-electron chi connectivity index (χ0n) is 19.0. The van der Waals surface area contributed by atoms with Gasteiger partial charge in [0, 0.05) is 12.0 Å². The van der Waals surface area contributed by atoms with Crippen LogP contribution in [0.3, 0.4) is 0 Å². The van der Waals surface area contributed by atoms with Gasteiger partial charge in [-0.15, -0.1) is 0 Å². The zero-order valence-corrected chi connectivity index (χ0v) is 19.0. The molecule has 162 valence electrons. The minimum atomic E-state index is -0.621. The molecule has 0 radical (unpaired) electrons. The van der Waals surface area contributed by atoms with Crippen molar-refractivity contribution in [3.63, 3.8) is 0 Å². The predicted molar refractivity (Wildman–Crippen MR) is 119 cm³/mol. The molecule has 2 aromatic rings. The number of amides is 1. The third kappa shape index (κ3) is 4.89. The first-order valence-corrected chi connectivity index (χ1v) is 10.5. The van der Waals surface area contributed by atoms with Crippen molar-refractivity contribution < 1.29 is 19.0 Å². The standard InChI is InChI=1S/C25H33NO4/c1-15(2)19-10-8-16(3)12-23(19)29-17(4)24(27)26-21-14-25(5,6)30-22-11-9-18(28-7)13-20(21)22/h8-13,15,17,21H,14H2,1-7H3,(H,26,27). The van der Waals surface area contributed by atoms with E-state index in [0.717, 1.165) is 33.9 Å². The molecule has 1 N–H and O–H groups in total. The molecule has 0 saturated heterocycles. The molecule has 1 aliphatic rings. The summed E-state index contributed by atoms with van der Waals surface area (Å²) in [6.45, 7) is 12.1. The molecule has 30 heavy (non-hydrogen) atoms. The van der Waals surface area contributed by atoms with Crippen LogP contribution in [0.5, 0.6) is 17.2 Å². The summed E-state index contributed by atoms with van der Waals surface area (Å²) in [4.78, 5) is 13.0. The van der Waals surface area contributed by atoms with Crippen molar-refractivity contribution in [1.82, 2.24) is 5.32 Å². The van der Waals surface area contributed by atoms with Gasteiger partial charge in [0.2, 0.25) is 0 Å². The third-order valence-electron chi connectivity index (χ3n) is 5.45. The number of carbonyl (C=O) groups is 1. The quantitative estimate of drug-likeness (QED) is 0.700. The van der Waals surface area contributed by atoms with Crippen molar-refractivity contribution in [2.45, 2.75) is 71.6 Å². The Kier molecular flexibility index (Phi) is 6.30. The number of hydrogen-bond acceptors (Lipinski definition) is 4. The highest BCUT2D eigenvalue weighted by molar-refractivity contribution is 5.81. The average molecular weight is 412 g/mol. The summed E-state index contributed by atoms with van der Waals surface area (Å²) in [5, 5.41) is 3.17. The van der Waals surface area contributed by atoms with Crippen LogP contribution < -0.4 is 19.5 Å². The second kappa shape index (κ2) is 8.58. The van der Waals surface area contributed by atoms with E-state index in [1.165, 1.54) is 0 Å². The fraction of sp³-hybridized carbons (Fsp3) is 0.480. The molecule has 3 rings (SSSR count). The fourth-order valence-electron chi connectivity index (χ4n) is 3.84. The molecular formula is C25H33NO4. The summed E-state index contributed by atoms with van der Waals surface area (Å²) in [6.07, 6.45) is 0.0390. The molecule has 0 fully saturated rings. The number of methoxy groups -OCH3 is 1. The summed E-state index contributed by atoms with van der Waals surface area (Å²) >= 11 is 0. The van der Waals surface area contributed by atoms with E-state index in [4.69, 9.17) is 14.2 Å². The minimum absolute atomic E-state index is 0.150. The Morgan fingerprint density at radius 1 is 1.17 bits per heavy atom. The van der Waals surface area contributed by atoms with E-state index >= 15 is 0 Å². The summed E-state index contributed by atoms with van der Waals surface area (Å²) in [5.74, 6) is 2.44.